The predicted molar refractivity (Wildman–Crippen MR) is 27.0 cm³/mol. The standard InChI is InChI=1S/C5H4N2O/c1-3-5-7-6-4(2)8-5/h1H,2H3. The van der Waals surface area contributed by atoms with Crippen molar-refractivity contribution in [1.82, 2.24) is 10.2 Å². The van der Waals surface area contributed by atoms with Crippen LogP contribution in [0.25, 0.3) is 0 Å². The molecule has 1 heterocycles. The SMILES string of the molecule is C#Cc1nnc(C)o1. The quantitative estimate of drug-likeness (QED) is 0.450. The minimum absolute atomic E-state index is 0.238. The zero-order valence-corrected chi connectivity index (χ0v) is 4.38. The molecule has 0 unspecified atom stereocenters. The van der Waals surface area contributed by atoms with Crippen LogP contribution in [0.15, 0.2) is 4.42 Å². The summed E-state index contributed by atoms with van der Waals surface area (Å²) in [6.45, 7) is 1.69. The molecule has 0 spiro atoms. The molecule has 0 bridgehead atoms. The van der Waals surface area contributed by atoms with E-state index < -0.39 is 0 Å². The first-order valence-electron chi connectivity index (χ1n) is 2.09. The van der Waals surface area contributed by atoms with E-state index in [1.165, 1.54) is 0 Å². The van der Waals surface area contributed by atoms with Crippen molar-refractivity contribution >= 4 is 0 Å². The summed E-state index contributed by atoms with van der Waals surface area (Å²) in [4.78, 5) is 0. The average molecular weight is 108 g/mol. The lowest BCUT2D eigenvalue weighted by molar-refractivity contribution is 0.507. The molecule has 0 aliphatic heterocycles. The van der Waals surface area contributed by atoms with Crippen LogP contribution in [0.1, 0.15) is 11.8 Å². The molecule has 40 valence electrons. The van der Waals surface area contributed by atoms with Crippen LogP contribution in [-0.2, 0) is 0 Å². The van der Waals surface area contributed by atoms with E-state index >= 15 is 0 Å². The Bertz CT molecular complexity index is 221. The monoisotopic (exact) mass is 108 g/mol. The van der Waals surface area contributed by atoms with Crippen LogP contribution in [0.4, 0.5) is 0 Å². The maximum absolute atomic E-state index is 4.92. The fourth-order valence-corrected chi connectivity index (χ4v) is 0.355. The third-order valence-electron chi connectivity index (χ3n) is 0.650. The van der Waals surface area contributed by atoms with E-state index in [4.69, 9.17) is 10.8 Å². The molecule has 1 aromatic heterocycles. The van der Waals surface area contributed by atoms with Gasteiger partial charge in [-0.25, -0.2) is 0 Å². The Balaban J connectivity index is 3.05. The first kappa shape index (κ1) is 4.85. The van der Waals surface area contributed by atoms with Gasteiger partial charge >= 0.3 is 0 Å². The molecule has 0 saturated heterocycles. The number of terminal acetylenes is 1. The van der Waals surface area contributed by atoms with Crippen LogP contribution < -0.4 is 0 Å². The molecule has 1 rings (SSSR count). The van der Waals surface area contributed by atoms with Crippen molar-refractivity contribution in [2.24, 2.45) is 0 Å². The van der Waals surface area contributed by atoms with Crippen molar-refractivity contribution in [3.05, 3.63) is 11.8 Å². The highest BCUT2D eigenvalue weighted by molar-refractivity contribution is 5.09. The molecular formula is C5H4N2O. The van der Waals surface area contributed by atoms with Crippen LogP contribution in [-0.4, -0.2) is 10.2 Å². The smallest absolute Gasteiger partial charge is 0.293 e. The van der Waals surface area contributed by atoms with Gasteiger partial charge in [0.1, 0.15) is 0 Å². The average Bonchev–Trinajstić information content (AvgIpc) is 2.14. The van der Waals surface area contributed by atoms with Crippen molar-refractivity contribution in [2.45, 2.75) is 6.92 Å². The zero-order chi connectivity index (χ0) is 5.98. The second kappa shape index (κ2) is 1.66. The molecule has 8 heavy (non-hydrogen) atoms. The van der Waals surface area contributed by atoms with Gasteiger partial charge in [-0.15, -0.1) is 11.5 Å². The van der Waals surface area contributed by atoms with Crippen molar-refractivity contribution in [3.63, 3.8) is 0 Å². The second-order valence-electron chi connectivity index (χ2n) is 1.27. The first-order chi connectivity index (χ1) is 3.83. The van der Waals surface area contributed by atoms with Gasteiger partial charge in [0.15, 0.2) is 0 Å². The highest BCUT2D eigenvalue weighted by Crippen LogP contribution is 1.92. The van der Waals surface area contributed by atoms with Gasteiger partial charge in [-0.1, -0.05) is 5.10 Å². The van der Waals surface area contributed by atoms with Crippen molar-refractivity contribution in [3.8, 4) is 12.3 Å². The zero-order valence-electron chi connectivity index (χ0n) is 4.38. The Morgan fingerprint density at radius 3 is 2.62 bits per heavy atom. The summed E-state index contributed by atoms with van der Waals surface area (Å²) < 4.78 is 4.77. The topological polar surface area (TPSA) is 38.9 Å². The van der Waals surface area contributed by atoms with E-state index in [9.17, 15) is 0 Å². The molecule has 1 aromatic rings. The molecule has 0 aliphatic carbocycles. The maximum atomic E-state index is 4.92. The van der Waals surface area contributed by atoms with Gasteiger partial charge in [0.2, 0.25) is 5.89 Å². The summed E-state index contributed by atoms with van der Waals surface area (Å²) >= 11 is 0. The largest absolute Gasteiger partial charge is 0.415 e. The minimum atomic E-state index is 0.238. The number of hydrogen-bond acceptors (Lipinski definition) is 3. The predicted octanol–water partition coefficient (Wildman–Crippen LogP) is 0.359. The molecule has 0 aliphatic rings. The molecule has 3 heteroatoms. The second-order valence-corrected chi connectivity index (χ2v) is 1.27. The van der Waals surface area contributed by atoms with Crippen LogP contribution in [0.2, 0.25) is 0 Å². The van der Waals surface area contributed by atoms with Gasteiger partial charge in [-0.2, -0.15) is 0 Å². The third kappa shape index (κ3) is 0.684. The van der Waals surface area contributed by atoms with E-state index in [-0.39, 0.29) is 5.89 Å². The number of aromatic nitrogens is 2. The van der Waals surface area contributed by atoms with E-state index in [0.717, 1.165) is 0 Å². The molecular weight excluding hydrogens is 104 g/mol. The summed E-state index contributed by atoms with van der Waals surface area (Å²) in [5, 5.41) is 7.01. The summed E-state index contributed by atoms with van der Waals surface area (Å²) in [5.74, 6) is 2.94. The van der Waals surface area contributed by atoms with Gasteiger partial charge in [-0.3, -0.25) is 0 Å². The number of aryl methyl sites for hydroxylation is 1. The molecule has 0 fully saturated rings. The Morgan fingerprint density at radius 2 is 2.38 bits per heavy atom. The maximum Gasteiger partial charge on any atom is 0.293 e. The van der Waals surface area contributed by atoms with Crippen LogP contribution >= 0.6 is 0 Å². The van der Waals surface area contributed by atoms with Crippen molar-refractivity contribution in [2.75, 3.05) is 0 Å². The summed E-state index contributed by atoms with van der Waals surface area (Å²) in [6.07, 6.45) is 4.92. The lowest BCUT2D eigenvalue weighted by Gasteiger charge is -1.69. The molecule has 0 saturated carbocycles. The lowest BCUT2D eigenvalue weighted by atomic mass is 10.7. The van der Waals surface area contributed by atoms with Crippen molar-refractivity contribution < 1.29 is 4.42 Å². The molecule has 0 radical (unpaired) electrons. The minimum Gasteiger partial charge on any atom is -0.415 e. The fraction of sp³-hybridized carbons (Fsp3) is 0.200. The summed E-state index contributed by atoms with van der Waals surface area (Å²) in [7, 11) is 0. The molecule has 0 atom stereocenters. The third-order valence-corrected chi connectivity index (χ3v) is 0.650. The number of rotatable bonds is 0. The Hall–Kier alpha value is -1.30. The fourth-order valence-electron chi connectivity index (χ4n) is 0.355. The van der Waals surface area contributed by atoms with E-state index in [0.29, 0.717) is 5.89 Å². The molecule has 0 N–H and O–H groups in total. The van der Waals surface area contributed by atoms with Crippen LogP contribution in [0.5, 0.6) is 0 Å². The van der Waals surface area contributed by atoms with Crippen LogP contribution in [0, 0.1) is 19.3 Å². The number of hydrogen-bond donors (Lipinski definition) is 0. The Morgan fingerprint density at radius 1 is 1.62 bits per heavy atom. The van der Waals surface area contributed by atoms with Gasteiger partial charge in [0.05, 0.1) is 0 Å². The Labute approximate surface area is 46.7 Å². The summed E-state index contributed by atoms with van der Waals surface area (Å²) in [5.41, 5.74) is 0. The van der Waals surface area contributed by atoms with Gasteiger partial charge in [0, 0.05) is 6.92 Å². The summed E-state index contributed by atoms with van der Waals surface area (Å²) in [6, 6.07) is 0. The van der Waals surface area contributed by atoms with Gasteiger partial charge in [-0.05, 0) is 5.92 Å². The van der Waals surface area contributed by atoms with Gasteiger partial charge < -0.3 is 4.42 Å². The van der Waals surface area contributed by atoms with E-state index in [1.807, 2.05) is 0 Å². The Kier molecular flexibility index (Phi) is 1.01. The first-order valence-corrected chi connectivity index (χ1v) is 2.09. The van der Waals surface area contributed by atoms with Crippen LogP contribution in [0.3, 0.4) is 0 Å². The highest BCUT2D eigenvalue weighted by Gasteiger charge is 1.93. The highest BCUT2D eigenvalue weighted by atomic mass is 16.4. The van der Waals surface area contributed by atoms with E-state index in [2.05, 4.69) is 16.1 Å². The van der Waals surface area contributed by atoms with Gasteiger partial charge in [0.25, 0.3) is 5.89 Å². The van der Waals surface area contributed by atoms with Crippen molar-refractivity contribution in [1.29, 1.82) is 0 Å². The molecule has 0 amide bonds. The normalized spacial score (nSPS) is 8.50. The molecule has 0 aromatic carbocycles. The van der Waals surface area contributed by atoms with E-state index in [1.54, 1.807) is 6.92 Å². The molecule has 3 nitrogen and oxygen atoms in total. The number of nitrogens with zero attached hydrogens (tertiary/aromatic N) is 2. The lowest BCUT2D eigenvalue weighted by Crippen LogP contribution is -1.69.